The van der Waals surface area contributed by atoms with Gasteiger partial charge in [0.25, 0.3) is 5.91 Å². The Balaban J connectivity index is 1.24. The van der Waals surface area contributed by atoms with E-state index in [1.165, 1.54) is 37.5 Å². The van der Waals surface area contributed by atoms with Crippen molar-refractivity contribution in [3.63, 3.8) is 0 Å². The Bertz CT molecular complexity index is 1400. The van der Waals surface area contributed by atoms with E-state index in [4.69, 9.17) is 21.1 Å². The number of likely N-dealkylation sites (tertiary alicyclic amines) is 1. The van der Waals surface area contributed by atoms with Crippen molar-refractivity contribution in [3.05, 3.63) is 82.4 Å². The minimum absolute atomic E-state index is 0.0371. The minimum Gasteiger partial charge on any atom is -0.495 e. The zero-order valence-corrected chi connectivity index (χ0v) is 24.0. The van der Waals surface area contributed by atoms with Crippen LogP contribution in [0.4, 0.5) is 16.2 Å². The number of ether oxygens (including phenoxy) is 2. The molecular weight excluding hydrogens is 546 g/mol. The van der Waals surface area contributed by atoms with Crippen LogP contribution in [0.2, 0.25) is 5.02 Å². The molecule has 1 aliphatic heterocycles. The predicted molar refractivity (Wildman–Crippen MR) is 159 cm³/mol. The van der Waals surface area contributed by atoms with Crippen molar-refractivity contribution < 1.29 is 23.9 Å². The first-order valence-corrected chi connectivity index (χ1v) is 13.6. The molecule has 1 heterocycles. The van der Waals surface area contributed by atoms with E-state index in [-0.39, 0.29) is 18.5 Å². The van der Waals surface area contributed by atoms with Gasteiger partial charge in [-0.2, -0.15) is 0 Å². The monoisotopic (exact) mass is 579 g/mol. The molecule has 0 unspecified atom stereocenters. The molecule has 1 fully saturated rings. The average Bonchev–Trinajstić information content (AvgIpc) is 3.39. The molecule has 11 heteroatoms. The van der Waals surface area contributed by atoms with Crippen LogP contribution in [-0.4, -0.2) is 62.6 Å². The summed E-state index contributed by atoms with van der Waals surface area (Å²) in [6.45, 7) is 4.42. The Morgan fingerprint density at radius 2 is 1.73 bits per heavy atom. The van der Waals surface area contributed by atoms with Crippen LogP contribution in [0.1, 0.15) is 27.9 Å². The number of amides is 4. The predicted octanol–water partition coefficient (Wildman–Crippen LogP) is 4.43. The van der Waals surface area contributed by atoms with Gasteiger partial charge in [-0.25, -0.2) is 4.79 Å². The van der Waals surface area contributed by atoms with Crippen molar-refractivity contribution in [1.82, 2.24) is 15.5 Å². The molecule has 0 bridgehead atoms. The fourth-order valence-corrected chi connectivity index (χ4v) is 4.81. The molecule has 1 atom stereocenters. The Kier molecular flexibility index (Phi) is 10.0. The molecule has 4 N–H and O–H groups in total. The Morgan fingerprint density at radius 1 is 0.976 bits per heavy atom. The summed E-state index contributed by atoms with van der Waals surface area (Å²) in [6, 6.07) is 17.4. The summed E-state index contributed by atoms with van der Waals surface area (Å²) in [5.74, 6) is 0.0936. The number of aryl methyl sites for hydroxylation is 1. The third kappa shape index (κ3) is 8.36. The fourth-order valence-electron chi connectivity index (χ4n) is 4.57. The van der Waals surface area contributed by atoms with Gasteiger partial charge in [-0.15, -0.1) is 0 Å². The van der Waals surface area contributed by atoms with Crippen LogP contribution in [0.15, 0.2) is 60.7 Å². The van der Waals surface area contributed by atoms with Gasteiger partial charge < -0.3 is 30.7 Å². The highest BCUT2D eigenvalue weighted by atomic mass is 35.5. The van der Waals surface area contributed by atoms with Crippen LogP contribution < -0.4 is 30.7 Å². The van der Waals surface area contributed by atoms with E-state index < -0.39 is 11.9 Å². The highest BCUT2D eigenvalue weighted by Crippen LogP contribution is 2.36. The van der Waals surface area contributed by atoms with Gasteiger partial charge in [0, 0.05) is 43.0 Å². The van der Waals surface area contributed by atoms with Crippen molar-refractivity contribution in [2.45, 2.75) is 25.9 Å². The van der Waals surface area contributed by atoms with Crippen LogP contribution in [0.5, 0.6) is 11.5 Å². The molecular formula is C30H34ClN5O5. The lowest BCUT2D eigenvalue weighted by molar-refractivity contribution is -0.120. The molecule has 1 saturated heterocycles. The summed E-state index contributed by atoms with van der Waals surface area (Å²) in [7, 11) is 2.94. The summed E-state index contributed by atoms with van der Waals surface area (Å²) >= 11 is 6.17. The minimum atomic E-state index is -0.561. The topological polar surface area (TPSA) is 121 Å². The molecule has 41 heavy (non-hydrogen) atoms. The Hall–Kier alpha value is -4.28. The summed E-state index contributed by atoms with van der Waals surface area (Å²) in [5, 5.41) is 11.3. The maximum Gasteiger partial charge on any atom is 0.323 e. The van der Waals surface area contributed by atoms with Gasteiger partial charge in [0.15, 0.2) is 0 Å². The van der Waals surface area contributed by atoms with Crippen LogP contribution >= 0.6 is 11.6 Å². The van der Waals surface area contributed by atoms with Crippen molar-refractivity contribution in [1.29, 1.82) is 0 Å². The SMILES string of the molecule is COc1cc(OC)c(NC(=O)Nc2cccc(C(=O)NCC(=O)N[C@@H]3CCN(Cc4ccc(C)cc4)C3)c2)cc1Cl. The molecule has 1 aliphatic rings. The van der Waals surface area contributed by atoms with E-state index >= 15 is 0 Å². The van der Waals surface area contributed by atoms with Gasteiger partial charge in [0.2, 0.25) is 5.91 Å². The van der Waals surface area contributed by atoms with Gasteiger partial charge in [0.05, 0.1) is 31.5 Å². The summed E-state index contributed by atoms with van der Waals surface area (Å²) in [5.41, 5.74) is 3.50. The number of nitrogens with one attached hydrogen (secondary N) is 4. The largest absolute Gasteiger partial charge is 0.495 e. The highest BCUT2D eigenvalue weighted by Gasteiger charge is 2.24. The number of nitrogens with zero attached hydrogens (tertiary/aromatic N) is 1. The lowest BCUT2D eigenvalue weighted by Crippen LogP contribution is -2.43. The van der Waals surface area contributed by atoms with Crippen molar-refractivity contribution in [2.75, 3.05) is 44.5 Å². The van der Waals surface area contributed by atoms with Gasteiger partial charge >= 0.3 is 6.03 Å². The van der Waals surface area contributed by atoms with E-state index in [0.29, 0.717) is 33.5 Å². The van der Waals surface area contributed by atoms with Gasteiger partial charge in [0.1, 0.15) is 11.5 Å². The molecule has 3 aromatic carbocycles. The lowest BCUT2D eigenvalue weighted by atomic mass is 10.1. The van der Waals surface area contributed by atoms with Gasteiger partial charge in [-0.3, -0.25) is 14.5 Å². The second kappa shape index (κ2) is 13.9. The molecule has 4 rings (SSSR count). The fraction of sp³-hybridized carbons (Fsp3) is 0.300. The maximum absolute atomic E-state index is 12.7. The number of methoxy groups -OCH3 is 2. The number of carbonyl (C=O) groups is 3. The quantitative estimate of drug-likeness (QED) is 0.282. The molecule has 0 radical (unpaired) electrons. The first kappa shape index (κ1) is 29.7. The average molecular weight is 580 g/mol. The molecule has 0 saturated carbocycles. The first-order chi connectivity index (χ1) is 19.7. The van der Waals surface area contributed by atoms with Crippen molar-refractivity contribution in [2.24, 2.45) is 0 Å². The van der Waals surface area contributed by atoms with E-state index in [0.717, 1.165) is 26.1 Å². The van der Waals surface area contributed by atoms with Crippen LogP contribution in [0.25, 0.3) is 0 Å². The summed E-state index contributed by atoms with van der Waals surface area (Å²) in [4.78, 5) is 40.1. The number of rotatable bonds is 10. The molecule has 0 aromatic heterocycles. The second-order valence-electron chi connectivity index (χ2n) is 9.80. The second-order valence-corrected chi connectivity index (χ2v) is 10.2. The smallest absolute Gasteiger partial charge is 0.323 e. The van der Waals surface area contributed by atoms with Crippen molar-refractivity contribution in [3.8, 4) is 11.5 Å². The Morgan fingerprint density at radius 3 is 2.46 bits per heavy atom. The third-order valence-corrected chi connectivity index (χ3v) is 6.97. The number of urea groups is 1. The number of halogens is 1. The molecule has 0 spiro atoms. The normalized spacial score (nSPS) is 14.7. The lowest BCUT2D eigenvalue weighted by Gasteiger charge is -2.17. The van der Waals surface area contributed by atoms with E-state index in [2.05, 4.69) is 57.4 Å². The van der Waals surface area contributed by atoms with Crippen LogP contribution in [0, 0.1) is 6.92 Å². The maximum atomic E-state index is 12.7. The van der Waals surface area contributed by atoms with E-state index in [1.807, 2.05) is 0 Å². The molecule has 216 valence electrons. The molecule has 10 nitrogen and oxygen atoms in total. The van der Waals surface area contributed by atoms with Crippen molar-refractivity contribution >= 4 is 40.8 Å². The Labute approximate surface area is 244 Å². The number of carbonyl (C=O) groups excluding carboxylic acids is 3. The van der Waals surface area contributed by atoms with E-state index in [9.17, 15) is 14.4 Å². The third-order valence-electron chi connectivity index (χ3n) is 6.68. The molecule has 4 amide bonds. The number of hydrogen-bond acceptors (Lipinski definition) is 6. The number of benzene rings is 3. The number of hydrogen-bond donors (Lipinski definition) is 4. The zero-order chi connectivity index (χ0) is 29.4. The summed E-state index contributed by atoms with van der Waals surface area (Å²) < 4.78 is 10.5. The number of anilines is 2. The zero-order valence-electron chi connectivity index (χ0n) is 23.3. The van der Waals surface area contributed by atoms with Crippen LogP contribution in [0.3, 0.4) is 0 Å². The highest BCUT2D eigenvalue weighted by molar-refractivity contribution is 6.32. The first-order valence-electron chi connectivity index (χ1n) is 13.2. The standard InChI is InChI=1S/C30H34ClN5O5/c1-19-7-9-20(10-8-19)17-36-12-11-23(18-36)33-28(37)16-32-29(38)21-5-4-6-22(13-21)34-30(39)35-25-14-24(31)26(40-2)15-27(25)41-3/h4-10,13-15,23H,11-12,16-18H2,1-3H3,(H,32,38)(H,33,37)(H2,34,35,39)/t23-/m1/s1. The van der Waals surface area contributed by atoms with Gasteiger partial charge in [-0.1, -0.05) is 47.5 Å². The van der Waals surface area contributed by atoms with Crippen LogP contribution in [-0.2, 0) is 11.3 Å². The molecule has 3 aromatic rings. The van der Waals surface area contributed by atoms with E-state index in [1.54, 1.807) is 24.3 Å². The molecule has 0 aliphatic carbocycles. The van der Waals surface area contributed by atoms with Gasteiger partial charge in [-0.05, 0) is 43.2 Å². The summed E-state index contributed by atoms with van der Waals surface area (Å²) in [6.07, 6.45) is 0.857.